The molecule has 1 atom stereocenters. The van der Waals surface area contributed by atoms with Crippen LogP contribution in [-0.4, -0.2) is 39.6 Å². The molecule has 34 heavy (non-hydrogen) atoms. The van der Waals surface area contributed by atoms with Crippen molar-refractivity contribution in [1.82, 2.24) is 25.2 Å². The van der Waals surface area contributed by atoms with Gasteiger partial charge in [-0.05, 0) is 92.9 Å². The zero-order valence-corrected chi connectivity index (χ0v) is 19.7. The third-order valence-corrected chi connectivity index (χ3v) is 6.59. The Morgan fingerprint density at radius 3 is 2.68 bits per heavy atom. The highest BCUT2D eigenvalue weighted by atomic mass is 35.5. The summed E-state index contributed by atoms with van der Waals surface area (Å²) in [6.45, 7) is 4.13. The summed E-state index contributed by atoms with van der Waals surface area (Å²) in [7, 11) is 0. The molecular weight excluding hydrogens is 448 g/mol. The fourth-order valence-electron chi connectivity index (χ4n) is 4.43. The lowest BCUT2D eigenvalue weighted by atomic mass is 9.91. The number of carbonyl (C=O) groups excluding carboxylic acids is 1. The molecule has 1 aliphatic rings. The van der Waals surface area contributed by atoms with E-state index in [1.807, 2.05) is 66.9 Å². The van der Waals surface area contributed by atoms with Crippen LogP contribution in [0.2, 0.25) is 5.02 Å². The van der Waals surface area contributed by atoms with Gasteiger partial charge in [-0.2, -0.15) is 4.98 Å². The van der Waals surface area contributed by atoms with Crippen molar-refractivity contribution in [3.05, 3.63) is 77.4 Å². The van der Waals surface area contributed by atoms with Crippen LogP contribution in [0.4, 0.5) is 11.6 Å². The van der Waals surface area contributed by atoms with Crippen molar-refractivity contribution < 1.29 is 4.79 Å². The fraction of sp³-hybridized carbons (Fsp3) is 0.269. The largest absolute Gasteiger partial charge is 0.349 e. The Hall–Kier alpha value is -3.42. The zero-order chi connectivity index (χ0) is 23.5. The standard InChI is InChI=1S/C26H27ClN6O/c1-17(18-11-13-28-14-12-18)29-25(34)19-7-9-22(10-8-19)30-26-31-24-23(6-3-15-33(24)32-26)20-4-2-5-21(27)16-20/h2-10,15-18,28H,11-14H2,1H3,(H,29,34)(H,30,32). The van der Waals surface area contributed by atoms with Crippen LogP contribution in [0, 0.1) is 5.92 Å². The number of aromatic nitrogens is 3. The molecule has 174 valence electrons. The maximum atomic E-state index is 12.7. The predicted molar refractivity (Wildman–Crippen MR) is 136 cm³/mol. The van der Waals surface area contributed by atoms with Gasteiger partial charge < -0.3 is 16.0 Å². The van der Waals surface area contributed by atoms with E-state index in [1.54, 1.807) is 4.52 Å². The number of nitrogens with zero attached hydrogens (tertiary/aromatic N) is 3. The van der Waals surface area contributed by atoms with Crippen LogP contribution < -0.4 is 16.0 Å². The number of hydrogen-bond donors (Lipinski definition) is 3. The van der Waals surface area contributed by atoms with Gasteiger partial charge in [0.2, 0.25) is 5.95 Å². The number of rotatable bonds is 6. The number of hydrogen-bond acceptors (Lipinski definition) is 5. The number of halogens is 1. The predicted octanol–water partition coefficient (Wildman–Crippen LogP) is 4.91. The summed E-state index contributed by atoms with van der Waals surface area (Å²) < 4.78 is 1.74. The van der Waals surface area contributed by atoms with Gasteiger partial charge in [0.1, 0.15) is 0 Å². The minimum atomic E-state index is -0.0467. The normalized spacial score (nSPS) is 15.2. The Bertz CT molecular complexity index is 1300. The number of amides is 1. The molecule has 0 bridgehead atoms. The van der Waals surface area contributed by atoms with Crippen LogP contribution >= 0.6 is 11.6 Å². The molecule has 8 heteroatoms. The second-order valence-electron chi connectivity index (χ2n) is 8.69. The third kappa shape index (κ3) is 4.90. The van der Waals surface area contributed by atoms with E-state index in [-0.39, 0.29) is 11.9 Å². The molecule has 1 amide bonds. The minimum absolute atomic E-state index is 0.0467. The van der Waals surface area contributed by atoms with E-state index < -0.39 is 0 Å². The Morgan fingerprint density at radius 1 is 1.12 bits per heavy atom. The first kappa shape index (κ1) is 22.4. The number of pyridine rings is 1. The smallest absolute Gasteiger partial charge is 0.251 e. The van der Waals surface area contributed by atoms with E-state index in [1.165, 1.54) is 0 Å². The van der Waals surface area contributed by atoms with Crippen LogP contribution in [0.1, 0.15) is 30.1 Å². The van der Waals surface area contributed by atoms with Crippen molar-refractivity contribution in [3.63, 3.8) is 0 Å². The molecule has 0 saturated carbocycles. The number of anilines is 2. The summed E-state index contributed by atoms with van der Waals surface area (Å²) in [6.07, 6.45) is 4.04. The van der Waals surface area contributed by atoms with Crippen molar-refractivity contribution >= 4 is 34.8 Å². The summed E-state index contributed by atoms with van der Waals surface area (Å²) in [5.74, 6) is 0.949. The van der Waals surface area contributed by atoms with E-state index in [9.17, 15) is 4.79 Å². The molecule has 2 aromatic heterocycles. The van der Waals surface area contributed by atoms with Crippen LogP contribution in [0.3, 0.4) is 0 Å². The van der Waals surface area contributed by atoms with Crippen LogP contribution in [0.5, 0.6) is 0 Å². The number of fused-ring (bicyclic) bond motifs is 1. The molecule has 0 aliphatic carbocycles. The Kier molecular flexibility index (Phi) is 6.47. The average Bonchev–Trinajstić information content (AvgIpc) is 3.27. The molecular formula is C26H27ClN6O. The maximum absolute atomic E-state index is 12.7. The minimum Gasteiger partial charge on any atom is -0.349 e. The molecule has 3 N–H and O–H groups in total. The summed E-state index contributed by atoms with van der Waals surface area (Å²) in [5, 5.41) is 15.0. The molecule has 1 saturated heterocycles. The van der Waals surface area contributed by atoms with Crippen molar-refractivity contribution in [2.24, 2.45) is 5.92 Å². The average molecular weight is 475 g/mol. The summed E-state index contributed by atoms with van der Waals surface area (Å²) in [4.78, 5) is 17.4. The first-order valence-electron chi connectivity index (χ1n) is 11.6. The van der Waals surface area contributed by atoms with Gasteiger partial charge in [-0.3, -0.25) is 4.79 Å². The molecule has 7 nitrogen and oxygen atoms in total. The number of piperidine rings is 1. The molecule has 0 spiro atoms. The molecule has 3 heterocycles. The van der Waals surface area contributed by atoms with Crippen LogP contribution in [0.25, 0.3) is 16.8 Å². The summed E-state index contributed by atoms with van der Waals surface area (Å²) in [6, 6.07) is 19.1. The van der Waals surface area contributed by atoms with Crippen molar-refractivity contribution in [2.45, 2.75) is 25.8 Å². The van der Waals surface area contributed by atoms with Gasteiger partial charge in [-0.15, -0.1) is 5.10 Å². The first-order chi connectivity index (χ1) is 16.6. The van der Waals surface area contributed by atoms with Gasteiger partial charge in [0.25, 0.3) is 5.91 Å². The highest BCUT2D eigenvalue weighted by Crippen LogP contribution is 2.27. The van der Waals surface area contributed by atoms with Gasteiger partial charge in [-0.25, -0.2) is 4.52 Å². The lowest BCUT2D eigenvalue weighted by molar-refractivity contribution is 0.0920. The zero-order valence-electron chi connectivity index (χ0n) is 19.0. The quantitative estimate of drug-likeness (QED) is 0.370. The Balaban J connectivity index is 1.29. The van der Waals surface area contributed by atoms with Gasteiger partial charge in [0.15, 0.2) is 5.65 Å². The third-order valence-electron chi connectivity index (χ3n) is 6.35. The van der Waals surface area contributed by atoms with Gasteiger partial charge in [0, 0.05) is 34.1 Å². The van der Waals surface area contributed by atoms with Gasteiger partial charge in [-0.1, -0.05) is 23.7 Å². The monoisotopic (exact) mass is 474 g/mol. The van der Waals surface area contributed by atoms with E-state index in [4.69, 9.17) is 11.6 Å². The molecule has 0 radical (unpaired) electrons. The molecule has 5 rings (SSSR count). The molecule has 4 aromatic rings. The maximum Gasteiger partial charge on any atom is 0.251 e. The highest BCUT2D eigenvalue weighted by Gasteiger charge is 2.21. The van der Waals surface area contributed by atoms with Gasteiger partial charge >= 0.3 is 0 Å². The SMILES string of the molecule is CC(NC(=O)c1ccc(Nc2nc3c(-c4cccc(Cl)c4)cccn3n2)cc1)C1CCNCC1. The first-order valence-corrected chi connectivity index (χ1v) is 11.9. The van der Waals surface area contributed by atoms with E-state index >= 15 is 0 Å². The lowest BCUT2D eigenvalue weighted by Crippen LogP contribution is -2.42. The van der Waals surface area contributed by atoms with Crippen molar-refractivity contribution in [2.75, 3.05) is 18.4 Å². The molecule has 1 aliphatic heterocycles. The number of nitrogens with one attached hydrogen (secondary N) is 3. The fourth-order valence-corrected chi connectivity index (χ4v) is 4.62. The Labute approximate surface area is 203 Å². The van der Waals surface area contributed by atoms with Crippen LogP contribution in [-0.2, 0) is 0 Å². The molecule has 1 unspecified atom stereocenters. The number of benzene rings is 2. The second-order valence-corrected chi connectivity index (χ2v) is 9.12. The van der Waals surface area contributed by atoms with E-state index in [2.05, 4.69) is 33.0 Å². The highest BCUT2D eigenvalue weighted by molar-refractivity contribution is 6.30. The van der Waals surface area contributed by atoms with Crippen LogP contribution in [0.15, 0.2) is 66.9 Å². The summed E-state index contributed by atoms with van der Waals surface area (Å²) >= 11 is 6.17. The second kappa shape index (κ2) is 9.83. The lowest BCUT2D eigenvalue weighted by Gasteiger charge is -2.28. The Morgan fingerprint density at radius 2 is 1.91 bits per heavy atom. The topological polar surface area (TPSA) is 83.4 Å². The van der Waals surface area contributed by atoms with Gasteiger partial charge in [0.05, 0.1) is 0 Å². The number of carbonyl (C=O) groups is 1. The van der Waals surface area contributed by atoms with E-state index in [0.29, 0.717) is 22.5 Å². The summed E-state index contributed by atoms with van der Waals surface area (Å²) in [5.41, 5.74) is 4.10. The van der Waals surface area contributed by atoms with Crippen molar-refractivity contribution in [1.29, 1.82) is 0 Å². The molecule has 1 fully saturated rings. The van der Waals surface area contributed by atoms with E-state index in [0.717, 1.165) is 48.4 Å². The molecule has 2 aromatic carbocycles. The van der Waals surface area contributed by atoms with Crippen molar-refractivity contribution in [3.8, 4) is 11.1 Å².